The molecule has 1 unspecified atom stereocenters. The number of ether oxygens (including phenoxy) is 1. The average molecular weight is 320 g/mol. The zero-order chi connectivity index (χ0) is 12.8. The molecule has 1 aromatic carbocycles. The van der Waals surface area contributed by atoms with Crippen LogP contribution >= 0.6 is 27.7 Å². The topological polar surface area (TPSA) is 90.4 Å². The molecule has 0 aromatic heterocycles. The minimum Gasteiger partial charge on any atom is -0.398 e. The Morgan fingerprint density at radius 2 is 2.35 bits per heavy atom. The Morgan fingerprint density at radius 3 is 2.94 bits per heavy atom. The first-order valence-electron chi connectivity index (χ1n) is 4.79. The molecule has 0 aliphatic carbocycles. The molecule has 17 heavy (non-hydrogen) atoms. The van der Waals surface area contributed by atoms with Gasteiger partial charge in [0.05, 0.1) is 6.61 Å². The fraction of sp³-hybridized carbons (Fsp3) is 0.300. The van der Waals surface area contributed by atoms with Crippen molar-refractivity contribution in [1.82, 2.24) is 5.43 Å². The first kappa shape index (κ1) is 14.3. The quantitative estimate of drug-likeness (QED) is 0.249. The molecule has 0 bridgehead atoms. The van der Waals surface area contributed by atoms with Crippen LogP contribution < -0.4 is 17.0 Å². The van der Waals surface area contributed by atoms with Crippen LogP contribution in [0.25, 0.3) is 0 Å². The molecule has 1 atom stereocenters. The van der Waals surface area contributed by atoms with E-state index in [-0.39, 0.29) is 12.5 Å². The van der Waals surface area contributed by atoms with Crippen molar-refractivity contribution >= 4 is 39.3 Å². The Hall–Kier alpha value is -0.760. The molecular weight excluding hydrogens is 306 g/mol. The Balaban J connectivity index is 2.85. The second-order valence-corrected chi connectivity index (χ2v) is 5.41. The van der Waals surface area contributed by atoms with Gasteiger partial charge in [-0.15, -0.1) is 11.8 Å². The van der Waals surface area contributed by atoms with E-state index in [1.807, 2.05) is 12.1 Å². The Morgan fingerprint density at radius 1 is 1.65 bits per heavy atom. The Bertz CT molecular complexity index is 403. The summed E-state index contributed by atoms with van der Waals surface area (Å²) in [5, 5.41) is -0.429. The van der Waals surface area contributed by atoms with E-state index < -0.39 is 5.25 Å². The monoisotopic (exact) mass is 319 g/mol. The van der Waals surface area contributed by atoms with E-state index >= 15 is 0 Å². The minimum absolute atomic E-state index is 0.264. The number of nitrogens with two attached hydrogens (primary N) is 2. The first-order chi connectivity index (χ1) is 8.08. The highest BCUT2D eigenvalue weighted by molar-refractivity contribution is 9.10. The maximum Gasteiger partial charge on any atom is 0.249 e. The van der Waals surface area contributed by atoms with Gasteiger partial charge >= 0.3 is 0 Å². The summed E-state index contributed by atoms with van der Waals surface area (Å²) in [4.78, 5) is 12.3. The summed E-state index contributed by atoms with van der Waals surface area (Å²) in [6, 6.07) is 5.47. The van der Waals surface area contributed by atoms with Crippen LogP contribution in [0.2, 0.25) is 0 Å². The van der Waals surface area contributed by atoms with Crippen LogP contribution in [0.15, 0.2) is 27.6 Å². The molecule has 0 saturated heterocycles. The summed E-state index contributed by atoms with van der Waals surface area (Å²) in [5.41, 5.74) is 8.56. The van der Waals surface area contributed by atoms with Gasteiger partial charge in [-0.2, -0.15) is 0 Å². The minimum atomic E-state index is -0.429. The first-order valence-corrected chi connectivity index (χ1v) is 6.46. The van der Waals surface area contributed by atoms with Crippen LogP contribution in [-0.2, 0) is 9.53 Å². The second kappa shape index (κ2) is 6.85. The van der Waals surface area contributed by atoms with Crippen LogP contribution in [0.4, 0.5) is 5.69 Å². The molecule has 7 heteroatoms. The van der Waals surface area contributed by atoms with Gasteiger partial charge in [-0.25, -0.2) is 5.84 Å². The van der Waals surface area contributed by atoms with Crippen molar-refractivity contribution in [3.05, 3.63) is 22.7 Å². The lowest BCUT2D eigenvalue weighted by atomic mass is 10.3. The van der Waals surface area contributed by atoms with Crippen LogP contribution in [0.1, 0.15) is 0 Å². The number of halogens is 1. The van der Waals surface area contributed by atoms with E-state index in [2.05, 4.69) is 21.4 Å². The van der Waals surface area contributed by atoms with Crippen molar-refractivity contribution in [2.24, 2.45) is 5.84 Å². The molecule has 5 nitrogen and oxygen atoms in total. The van der Waals surface area contributed by atoms with Crippen molar-refractivity contribution in [1.29, 1.82) is 0 Å². The summed E-state index contributed by atoms with van der Waals surface area (Å²) >= 11 is 4.67. The van der Waals surface area contributed by atoms with Crippen molar-refractivity contribution in [2.45, 2.75) is 10.1 Å². The van der Waals surface area contributed by atoms with E-state index in [0.717, 1.165) is 9.37 Å². The third kappa shape index (κ3) is 4.19. The molecule has 0 saturated carbocycles. The van der Waals surface area contributed by atoms with Crippen LogP contribution in [0.5, 0.6) is 0 Å². The number of rotatable bonds is 5. The number of nitrogen functional groups attached to an aromatic ring is 1. The SMILES string of the molecule is COCC(Sc1cc(Br)ccc1N)C(=O)NN. The fourth-order valence-corrected chi connectivity index (χ4v) is 2.77. The molecule has 1 aromatic rings. The highest BCUT2D eigenvalue weighted by Crippen LogP contribution is 2.31. The number of nitrogens with one attached hydrogen (secondary N) is 1. The Labute approximate surface area is 112 Å². The molecule has 0 radical (unpaired) electrons. The molecule has 0 heterocycles. The average Bonchev–Trinajstić information content (AvgIpc) is 2.32. The third-order valence-electron chi connectivity index (χ3n) is 2.00. The summed E-state index contributed by atoms with van der Waals surface area (Å²) in [6.45, 7) is 0.264. The normalized spacial score (nSPS) is 12.2. The number of thioether (sulfide) groups is 1. The number of hydrogen-bond acceptors (Lipinski definition) is 5. The van der Waals surface area contributed by atoms with Gasteiger partial charge in [0.15, 0.2) is 0 Å². The maximum absolute atomic E-state index is 11.5. The largest absolute Gasteiger partial charge is 0.398 e. The van der Waals surface area contributed by atoms with Crippen molar-refractivity contribution in [2.75, 3.05) is 19.5 Å². The fourth-order valence-electron chi connectivity index (χ4n) is 1.17. The van der Waals surface area contributed by atoms with E-state index in [4.69, 9.17) is 16.3 Å². The lowest BCUT2D eigenvalue weighted by Crippen LogP contribution is -2.39. The van der Waals surface area contributed by atoms with E-state index in [1.165, 1.54) is 18.9 Å². The van der Waals surface area contributed by atoms with E-state index in [1.54, 1.807) is 6.07 Å². The number of hydrogen-bond donors (Lipinski definition) is 3. The number of anilines is 1. The number of carbonyl (C=O) groups is 1. The molecule has 0 aliphatic rings. The van der Waals surface area contributed by atoms with Gasteiger partial charge in [-0.3, -0.25) is 10.2 Å². The predicted molar refractivity (Wildman–Crippen MR) is 72.4 cm³/mol. The number of methoxy groups -OCH3 is 1. The molecule has 0 spiro atoms. The molecule has 94 valence electrons. The van der Waals surface area contributed by atoms with Crippen LogP contribution in [0, 0.1) is 0 Å². The van der Waals surface area contributed by atoms with Crippen LogP contribution in [-0.4, -0.2) is 24.9 Å². The van der Waals surface area contributed by atoms with E-state index in [9.17, 15) is 4.79 Å². The van der Waals surface area contributed by atoms with Crippen molar-refractivity contribution in [3.63, 3.8) is 0 Å². The lowest BCUT2D eigenvalue weighted by molar-refractivity contribution is -0.121. The van der Waals surface area contributed by atoms with E-state index in [0.29, 0.717) is 5.69 Å². The number of benzene rings is 1. The third-order valence-corrected chi connectivity index (χ3v) is 3.73. The molecular formula is C10H14BrN3O2S. The van der Waals surface area contributed by atoms with Gasteiger partial charge in [0, 0.05) is 22.2 Å². The van der Waals surface area contributed by atoms with Gasteiger partial charge in [0.25, 0.3) is 0 Å². The summed E-state index contributed by atoms with van der Waals surface area (Å²) < 4.78 is 5.88. The molecule has 0 fully saturated rings. The van der Waals surface area contributed by atoms with Crippen LogP contribution in [0.3, 0.4) is 0 Å². The van der Waals surface area contributed by atoms with Gasteiger partial charge in [-0.05, 0) is 18.2 Å². The molecule has 0 aliphatic heterocycles. The van der Waals surface area contributed by atoms with Gasteiger partial charge in [-0.1, -0.05) is 15.9 Å². The summed E-state index contributed by atoms with van der Waals surface area (Å²) in [6.07, 6.45) is 0. The smallest absolute Gasteiger partial charge is 0.249 e. The van der Waals surface area contributed by atoms with Gasteiger partial charge in [0.2, 0.25) is 5.91 Å². The highest BCUT2D eigenvalue weighted by Gasteiger charge is 2.20. The van der Waals surface area contributed by atoms with Gasteiger partial charge < -0.3 is 10.5 Å². The highest BCUT2D eigenvalue weighted by atomic mass is 79.9. The second-order valence-electron chi connectivity index (χ2n) is 3.25. The zero-order valence-corrected chi connectivity index (χ0v) is 11.7. The van der Waals surface area contributed by atoms with Gasteiger partial charge in [0.1, 0.15) is 5.25 Å². The molecule has 5 N–H and O–H groups in total. The Kier molecular flexibility index (Phi) is 5.76. The standard InChI is InChI=1S/C10H14BrN3O2S/c1-16-5-9(10(15)14-13)17-8-4-6(11)2-3-7(8)12/h2-4,9H,5,12-13H2,1H3,(H,14,15). The number of carbonyl (C=O) groups excluding carboxylic acids is 1. The predicted octanol–water partition coefficient (Wildman–Crippen LogP) is 1.13. The number of amides is 1. The van der Waals surface area contributed by atoms with Crippen molar-refractivity contribution < 1.29 is 9.53 Å². The number of hydrazine groups is 1. The zero-order valence-electron chi connectivity index (χ0n) is 9.27. The summed E-state index contributed by atoms with van der Waals surface area (Å²) in [5.74, 6) is 4.82. The molecule has 1 amide bonds. The lowest BCUT2D eigenvalue weighted by Gasteiger charge is -2.15. The molecule has 1 rings (SSSR count). The van der Waals surface area contributed by atoms with Crippen molar-refractivity contribution in [3.8, 4) is 0 Å². The summed E-state index contributed by atoms with van der Waals surface area (Å²) in [7, 11) is 1.53. The maximum atomic E-state index is 11.5.